The molecule has 2 unspecified atom stereocenters. The van der Waals surface area contributed by atoms with Crippen LogP contribution in [0, 0.1) is 0 Å². The van der Waals surface area contributed by atoms with Gasteiger partial charge in [-0.1, -0.05) is 386 Å². The molecular weight excluding hydrogens is 1010 g/mol. The summed E-state index contributed by atoms with van der Waals surface area (Å²) in [5.74, 6) is -0.00303. The predicted molar refractivity (Wildman–Crippen MR) is 361 cm³/mol. The molecule has 0 radical (unpaired) electrons. The number of allylic oxidation sites excluding steroid dienone is 2. The fourth-order valence-corrected chi connectivity index (χ4v) is 12.3. The molecule has 0 aromatic rings. The zero-order chi connectivity index (χ0) is 59.2. The van der Waals surface area contributed by atoms with E-state index in [4.69, 9.17) is 4.74 Å². The number of ether oxygens (including phenoxy) is 1. The average Bonchev–Trinajstić information content (AvgIpc) is 3.48. The summed E-state index contributed by atoms with van der Waals surface area (Å²) < 4.78 is 5.51. The van der Waals surface area contributed by atoms with E-state index in [-0.39, 0.29) is 18.5 Å². The predicted octanol–water partition coefficient (Wildman–Crippen LogP) is 24.7. The first-order chi connectivity index (χ1) is 40.5. The van der Waals surface area contributed by atoms with Gasteiger partial charge in [-0.25, -0.2) is 0 Å². The van der Waals surface area contributed by atoms with Crippen molar-refractivity contribution in [2.24, 2.45) is 0 Å². The third-order valence-corrected chi connectivity index (χ3v) is 18.1. The minimum absolute atomic E-state index is 0.0264. The molecule has 0 heterocycles. The molecule has 0 aliphatic heterocycles. The number of esters is 1. The normalized spacial score (nSPS) is 12.5. The van der Waals surface area contributed by atoms with E-state index in [1.165, 1.54) is 366 Å². The third-order valence-electron chi connectivity index (χ3n) is 18.1. The Hall–Kier alpha value is -1.40. The van der Waals surface area contributed by atoms with E-state index in [1.54, 1.807) is 0 Å². The minimum atomic E-state index is -0.659. The van der Waals surface area contributed by atoms with Crippen LogP contribution in [0.1, 0.15) is 438 Å². The first-order valence-electron chi connectivity index (χ1n) is 37.9. The second kappa shape index (κ2) is 72.1. The van der Waals surface area contributed by atoms with Gasteiger partial charge < -0.3 is 20.3 Å². The van der Waals surface area contributed by atoms with Gasteiger partial charge in [0, 0.05) is 12.8 Å². The summed E-state index contributed by atoms with van der Waals surface area (Å²) in [5, 5.41) is 23.2. The molecule has 0 spiro atoms. The Labute approximate surface area is 514 Å². The molecule has 6 heteroatoms. The van der Waals surface area contributed by atoms with Crippen molar-refractivity contribution in [2.45, 2.75) is 450 Å². The molecule has 0 saturated heterocycles. The summed E-state index contributed by atoms with van der Waals surface area (Å²) in [6.07, 6.45) is 90.2. The van der Waals surface area contributed by atoms with Gasteiger partial charge >= 0.3 is 5.97 Å². The number of amides is 1. The first kappa shape index (κ1) is 80.6. The molecule has 2 atom stereocenters. The van der Waals surface area contributed by atoms with E-state index in [0.717, 1.165) is 38.5 Å². The summed E-state index contributed by atoms with van der Waals surface area (Å²) in [7, 11) is 0. The molecule has 0 aliphatic carbocycles. The highest BCUT2D eigenvalue weighted by molar-refractivity contribution is 5.76. The van der Waals surface area contributed by atoms with Crippen molar-refractivity contribution in [1.82, 2.24) is 5.32 Å². The SMILES string of the molecule is CCCCCCCCCCCCCCCCCCCC(=O)OCCCCCCCCCCCCCCCCCC/C=C\CCCCCCCCCCCCCCCCCCCC(=O)NC(CO)C(O)CCCCCCCCCCCCC. The number of carbonyl (C=O) groups excluding carboxylic acids is 2. The molecule has 0 aromatic carbocycles. The molecule has 3 N–H and O–H groups in total. The smallest absolute Gasteiger partial charge is 0.305 e. The summed E-state index contributed by atoms with van der Waals surface area (Å²) in [6.45, 7) is 4.99. The summed E-state index contributed by atoms with van der Waals surface area (Å²) in [5.41, 5.74) is 0. The van der Waals surface area contributed by atoms with Crippen molar-refractivity contribution in [3.63, 3.8) is 0 Å². The largest absolute Gasteiger partial charge is 0.466 e. The number of hydrogen-bond acceptors (Lipinski definition) is 5. The second-order valence-corrected chi connectivity index (χ2v) is 26.3. The van der Waals surface area contributed by atoms with Gasteiger partial charge in [0.15, 0.2) is 0 Å². The van der Waals surface area contributed by atoms with Gasteiger partial charge in [-0.2, -0.15) is 0 Å². The Morgan fingerprint density at radius 1 is 0.329 bits per heavy atom. The van der Waals surface area contributed by atoms with E-state index >= 15 is 0 Å². The van der Waals surface area contributed by atoms with Crippen molar-refractivity contribution < 1.29 is 24.5 Å². The van der Waals surface area contributed by atoms with Gasteiger partial charge in [0.2, 0.25) is 5.91 Å². The fraction of sp³-hybridized carbons (Fsp3) is 0.947. The van der Waals surface area contributed by atoms with Crippen LogP contribution in [0.2, 0.25) is 0 Å². The average molecular weight is 1160 g/mol. The van der Waals surface area contributed by atoms with Crippen molar-refractivity contribution in [3.05, 3.63) is 12.2 Å². The maximum atomic E-state index is 12.5. The number of aliphatic hydroxyl groups excluding tert-OH is 2. The number of hydrogen-bond donors (Lipinski definition) is 3. The summed E-state index contributed by atoms with van der Waals surface area (Å²) in [4.78, 5) is 24.6. The van der Waals surface area contributed by atoms with Crippen LogP contribution in [0.4, 0.5) is 0 Å². The molecule has 0 fully saturated rings. The van der Waals surface area contributed by atoms with Gasteiger partial charge in [-0.15, -0.1) is 0 Å². The van der Waals surface area contributed by atoms with Crippen molar-refractivity contribution >= 4 is 11.9 Å². The van der Waals surface area contributed by atoms with E-state index in [1.807, 2.05) is 0 Å². The van der Waals surface area contributed by atoms with Gasteiger partial charge in [-0.3, -0.25) is 9.59 Å². The van der Waals surface area contributed by atoms with E-state index < -0.39 is 12.1 Å². The van der Waals surface area contributed by atoms with Gasteiger partial charge in [0.05, 0.1) is 25.4 Å². The number of aliphatic hydroxyl groups is 2. The van der Waals surface area contributed by atoms with E-state index in [2.05, 4.69) is 31.3 Å². The third kappa shape index (κ3) is 67.7. The van der Waals surface area contributed by atoms with Crippen molar-refractivity contribution in [1.29, 1.82) is 0 Å². The second-order valence-electron chi connectivity index (χ2n) is 26.3. The highest BCUT2D eigenvalue weighted by Gasteiger charge is 2.20. The molecule has 0 bridgehead atoms. The van der Waals surface area contributed by atoms with Crippen LogP contribution in [-0.2, 0) is 14.3 Å². The molecule has 488 valence electrons. The summed E-state index contributed by atoms with van der Waals surface area (Å²) in [6, 6.07) is -0.536. The van der Waals surface area contributed by atoms with Crippen LogP contribution in [-0.4, -0.2) is 47.4 Å². The van der Waals surface area contributed by atoms with Crippen LogP contribution in [0.3, 0.4) is 0 Å². The first-order valence-corrected chi connectivity index (χ1v) is 37.9. The number of unbranched alkanes of at least 4 members (excludes halogenated alkanes) is 59. The Bertz CT molecular complexity index is 1240. The van der Waals surface area contributed by atoms with Crippen molar-refractivity contribution in [2.75, 3.05) is 13.2 Å². The number of carbonyl (C=O) groups is 2. The minimum Gasteiger partial charge on any atom is -0.466 e. The molecule has 0 aromatic heterocycles. The van der Waals surface area contributed by atoms with Crippen LogP contribution in [0.25, 0.3) is 0 Å². The number of nitrogens with one attached hydrogen (secondary N) is 1. The van der Waals surface area contributed by atoms with Gasteiger partial charge in [0.25, 0.3) is 0 Å². The van der Waals surface area contributed by atoms with Crippen LogP contribution < -0.4 is 5.32 Å². The monoisotopic (exact) mass is 1160 g/mol. The lowest BCUT2D eigenvalue weighted by Crippen LogP contribution is -2.45. The maximum Gasteiger partial charge on any atom is 0.305 e. The standard InChI is InChI=1S/C76H149NO5/c1-3-5-7-9-11-13-15-16-17-39-43-46-50-54-58-62-66-70-76(81)82-71-67-63-59-55-51-47-44-41-38-36-34-32-30-28-26-24-22-20-18-19-21-23-25-27-29-31-33-35-37-40-42-45-49-53-57-61-65-69-75(80)77-73(72-78)74(79)68-64-60-56-52-48-14-12-10-8-6-4-2/h18,20,73-74,78-79H,3-17,19,21-72H2,1-2H3,(H,77,80)/b20-18-. The summed E-state index contributed by atoms with van der Waals surface area (Å²) >= 11 is 0. The Balaban J connectivity index is 3.29. The Morgan fingerprint density at radius 3 is 0.866 bits per heavy atom. The topological polar surface area (TPSA) is 95.9 Å². The number of rotatable bonds is 72. The zero-order valence-electron chi connectivity index (χ0n) is 56.0. The van der Waals surface area contributed by atoms with Crippen LogP contribution in [0.15, 0.2) is 12.2 Å². The quantitative estimate of drug-likeness (QED) is 0.0320. The molecule has 0 saturated carbocycles. The van der Waals surface area contributed by atoms with E-state index in [9.17, 15) is 19.8 Å². The van der Waals surface area contributed by atoms with Gasteiger partial charge in [0.1, 0.15) is 0 Å². The molecule has 0 aliphatic rings. The van der Waals surface area contributed by atoms with E-state index in [0.29, 0.717) is 25.9 Å². The molecule has 82 heavy (non-hydrogen) atoms. The molecule has 0 rings (SSSR count). The lowest BCUT2D eigenvalue weighted by molar-refractivity contribution is -0.143. The molecule has 6 nitrogen and oxygen atoms in total. The molecular formula is C76H149NO5. The Kier molecular flexibility index (Phi) is 70.8. The van der Waals surface area contributed by atoms with Crippen molar-refractivity contribution in [3.8, 4) is 0 Å². The highest BCUT2D eigenvalue weighted by atomic mass is 16.5. The maximum absolute atomic E-state index is 12.5. The zero-order valence-corrected chi connectivity index (χ0v) is 56.0. The lowest BCUT2D eigenvalue weighted by atomic mass is 10.0. The van der Waals surface area contributed by atoms with Crippen LogP contribution >= 0.6 is 0 Å². The highest BCUT2D eigenvalue weighted by Crippen LogP contribution is 2.20. The van der Waals surface area contributed by atoms with Crippen LogP contribution in [0.5, 0.6) is 0 Å². The molecule has 1 amide bonds. The lowest BCUT2D eigenvalue weighted by Gasteiger charge is -2.22. The van der Waals surface area contributed by atoms with Gasteiger partial charge in [-0.05, 0) is 51.4 Å². The Morgan fingerprint density at radius 2 is 0.573 bits per heavy atom. The fourth-order valence-electron chi connectivity index (χ4n) is 12.3.